The third-order valence-corrected chi connectivity index (χ3v) is 5.20. The highest BCUT2D eigenvalue weighted by Gasteiger charge is 2.51. The highest BCUT2D eigenvalue weighted by Crippen LogP contribution is 2.37. The number of carbonyl (C=O) groups is 3. The number of hydrogen-bond donors (Lipinski definition) is 0. The van der Waals surface area contributed by atoms with Crippen molar-refractivity contribution >= 4 is 29.7 Å². The number of thioether (sulfide) groups is 1. The van der Waals surface area contributed by atoms with Crippen molar-refractivity contribution in [2.75, 3.05) is 13.2 Å². The molecule has 1 fully saturated rings. The molecule has 0 aliphatic carbocycles. The molecule has 5 atom stereocenters. The van der Waals surface area contributed by atoms with Crippen molar-refractivity contribution < 1.29 is 38.1 Å². The van der Waals surface area contributed by atoms with Crippen LogP contribution >= 0.6 is 11.8 Å². The van der Waals surface area contributed by atoms with Gasteiger partial charge in [0.1, 0.15) is 24.3 Å². The maximum absolute atomic E-state index is 11.8. The fraction of sp³-hybridized carbons (Fsp3) is 0.476. The molecule has 9 heteroatoms. The zero-order valence-electron chi connectivity index (χ0n) is 17.1. The molecule has 1 saturated heterocycles. The molecular formula is C21H26O8S. The highest BCUT2D eigenvalue weighted by molar-refractivity contribution is 7.99. The van der Waals surface area contributed by atoms with Crippen LogP contribution in [0.25, 0.3) is 0 Å². The summed E-state index contributed by atoms with van der Waals surface area (Å²) in [5, 5.41) is 0. The Hall–Kier alpha value is -2.36. The summed E-state index contributed by atoms with van der Waals surface area (Å²) in [5.41, 5.74) is -0.696. The van der Waals surface area contributed by atoms with E-state index in [2.05, 4.69) is 6.58 Å². The maximum atomic E-state index is 11.8. The summed E-state index contributed by atoms with van der Waals surface area (Å²) in [7, 11) is 0. The summed E-state index contributed by atoms with van der Waals surface area (Å²) in [6.07, 6.45) is -1.98. The average molecular weight is 438 g/mol. The molecule has 0 unspecified atom stereocenters. The van der Waals surface area contributed by atoms with E-state index in [9.17, 15) is 14.4 Å². The summed E-state index contributed by atoms with van der Waals surface area (Å²) in [5.74, 6) is -1.60. The molecule has 0 bridgehead atoms. The SMILES string of the molecule is C=CCO[C@H]1[C@H](OC(C)=O)[C@H](COC(C)=O)O[C@@H](Sc2ccccc2)[C@H]1OC(C)=O. The second-order valence-electron chi connectivity index (χ2n) is 6.51. The van der Waals surface area contributed by atoms with Crippen molar-refractivity contribution in [1.29, 1.82) is 0 Å². The van der Waals surface area contributed by atoms with Crippen LogP contribution in [-0.4, -0.2) is 61.0 Å². The van der Waals surface area contributed by atoms with Gasteiger partial charge < -0.3 is 23.7 Å². The van der Waals surface area contributed by atoms with Gasteiger partial charge in [0.2, 0.25) is 0 Å². The summed E-state index contributed by atoms with van der Waals surface area (Å²) >= 11 is 1.32. The predicted molar refractivity (Wildman–Crippen MR) is 109 cm³/mol. The molecule has 0 N–H and O–H groups in total. The molecule has 1 aliphatic heterocycles. The predicted octanol–water partition coefficient (Wildman–Crippen LogP) is 2.50. The molecular weight excluding hydrogens is 412 g/mol. The van der Waals surface area contributed by atoms with Gasteiger partial charge in [-0.2, -0.15) is 0 Å². The van der Waals surface area contributed by atoms with Crippen molar-refractivity contribution in [3.63, 3.8) is 0 Å². The lowest BCUT2D eigenvalue weighted by Gasteiger charge is -2.44. The second-order valence-corrected chi connectivity index (χ2v) is 7.68. The Bertz CT molecular complexity index is 738. The lowest BCUT2D eigenvalue weighted by atomic mass is 9.99. The number of hydrogen-bond acceptors (Lipinski definition) is 9. The zero-order chi connectivity index (χ0) is 22.1. The Kier molecular flexibility index (Phi) is 9.35. The van der Waals surface area contributed by atoms with Gasteiger partial charge in [-0.1, -0.05) is 36.0 Å². The summed E-state index contributed by atoms with van der Waals surface area (Å²) in [4.78, 5) is 35.8. The Morgan fingerprint density at radius 2 is 1.63 bits per heavy atom. The van der Waals surface area contributed by atoms with Gasteiger partial charge in [-0.15, -0.1) is 6.58 Å². The van der Waals surface area contributed by atoms with E-state index < -0.39 is 47.8 Å². The Balaban J connectivity index is 2.39. The lowest BCUT2D eigenvalue weighted by molar-refractivity contribution is -0.237. The van der Waals surface area contributed by atoms with Crippen molar-refractivity contribution in [2.45, 2.75) is 55.5 Å². The highest BCUT2D eigenvalue weighted by atomic mass is 32.2. The largest absolute Gasteiger partial charge is 0.463 e. The summed E-state index contributed by atoms with van der Waals surface area (Å²) in [6, 6.07) is 9.40. The molecule has 0 radical (unpaired) electrons. The molecule has 1 aromatic rings. The normalized spacial score (nSPS) is 25.8. The van der Waals surface area contributed by atoms with E-state index in [1.54, 1.807) is 0 Å². The monoisotopic (exact) mass is 438 g/mol. The van der Waals surface area contributed by atoms with Crippen LogP contribution < -0.4 is 0 Å². The molecule has 0 aromatic heterocycles. The number of rotatable bonds is 9. The van der Waals surface area contributed by atoms with Gasteiger partial charge in [0.25, 0.3) is 0 Å². The Labute approximate surface area is 179 Å². The third kappa shape index (κ3) is 7.16. The van der Waals surface area contributed by atoms with Gasteiger partial charge in [0, 0.05) is 25.7 Å². The lowest BCUT2D eigenvalue weighted by Crippen LogP contribution is -2.61. The van der Waals surface area contributed by atoms with Crippen LogP contribution in [0.5, 0.6) is 0 Å². The maximum Gasteiger partial charge on any atom is 0.303 e. The van der Waals surface area contributed by atoms with Crippen LogP contribution in [0.15, 0.2) is 47.9 Å². The minimum Gasteiger partial charge on any atom is -0.463 e. The van der Waals surface area contributed by atoms with Gasteiger partial charge >= 0.3 is 17.9 Å². The van der Waals surface area contributed by atoms with Crippen LogP contribution in [0, 0.1) is 0 Å². The number of benzene rings is 1. The van der Waals surface area contributed by atoms with Gasteiger partial charge in [-0.3, -0.25) is 14.4 Å². The Morgan fingerprint density at radius 1 is 1.00 bits per heavy atom. The standard InChI is InChI=1S/C21H26O8S/c1-5-11-25-19-18(27-14(3)23)17(12-26-13(2)22)29-21(20(19)28-15(4)24)30-16-9-7-6-8-10-16/h5-10,17-21H,1,11-12H2,2-4H3/t17-,18+,19-,20-,21-/m0/s1. The van der Waals surface area contributed by atoms with Crippen LogP contribution in [0.4, 0.5) is 0 Å². The number of esters is 3. The molecule has 1 aromatic carbocycles. The molecule has 0 spiro atoms. The first-order chi connectivity index (χ1) is 14.3. The molecule has 1 heterocycles. The third-order valence-electron chi connectivity index (χ3n) is 4.05. The van der Waals surface area contributed by atoms with E-state index in [-0.39, 0.29) is 13.2 Å². The Morgan fingerprint density at radius 3 is 2.20 bits per heavy atom. The van der Waals surface area contributed by atoms with E-state index in [0.717, 1.165) is 4.90 Å². The first-order valence-electron chi connectivity index (χ1n) is 9.39. The topological polar surface area (TPSA) is 97.4 Å². The fourth-order valence-corrected chi connectivity index (χ4v) is 4.09. The summed E-state index contributed by atoms with van der Waals surface area (Å²) in [6.45, 7) is 7.41. The van der Waals surface area contributed by atoms with E-state index in [1.807, 2.05) is 30.3 Å². The molecule has 2 rings (SSSR count). The van der Waals surface area contributed by atoms with Crippen LogP contribution in [0.3, 0.4) is 0 Å². The first kappa shape index (κ1) is 23.9. The summed E-state index contributed by atoms with van der Waals surface area (Å²) < 4.78 is 28.0. The minimum atomic E-state index is -0.959. The molecule has 0 amide bonds. The van der Waals surface area contributed by atoms with Crippen molar-refractivity contribution in [1.82, 2.24) is 0 Å². The van der Waals surface area contributed by atoms with Crippen LogP contribution in [0.2, 0.25) is 0 Å². The van der Waals surface area contributed by atoms with E-state index >= 15 is 0 Å². The number of ether oxygens (including phenoxy) is 5. The van der Waals surface area contributed by atoms with Crippen LogP contribution in [0.1, 0.15) is 20.8 Å². The minimum absolute atomic E-state index is 0.128. The molecule has 30 heavy (non-hydrogen) atoms. The van der Waals surface area contributed by atoms with Crippen molar-refractivity contribution in [3.05, 3.63) is 43.0 Å². The smallest absolute Gasteiger partial charge is 0.303 e. The van der Waals surface area contributed by atoms with Crippen LogP contribution in [-0.2, 0) is 38.1 Å². The molecule has 8 nitrogen and oxygen atoms in total. The second kappa shape index (κ2) is 11.7. The van der Waals surface area contributed by atoms with Gasteiger partial charge in [-0.25, -0.2) is 0 Å². The first-order valence-corrected chi connectivity index (χ1v) is 10.3. The van der Waals surface area contributed by atoms with E-state index in [4.69, 9.17) is 23.7 Å². The van der Waals surface area contributed by atoms with Crippen molar-refractivity contribution in [3.8, 4) is 0 Å². The van der Waals surface area contributed by atoms with Gasteiger partial charge in [-0.05, 0) is 12.1 Å². The van der Waals surface area contributed by atoms with Crippen molar-refractivity contribution in [2.24, 2.45) is 0 Å². The quantitative estimate of drug-likeness (QED) is 0.327. The average Bonchev–Trinajstić information content (AvgIpc) is 2.68. The van der Waals surface area contributed by atoms with Gasteiger partial charge in [0.05, 0.1) is 6.61 Å². The fourth-order valence-electron chi connectivity index (χ4n) is 2.96. The van der Waals surface area contributed by atoms with Gasteiger partial charge in [0.15, 0.2) is 12.2 Å². The zero-order valence-corrected chi connectivity index (χ0v) is 18.0. The number of carbonyl (C=O) groups excluding carboxylic acids is 3. The molecule has 1 aliphatic rings. The van der Waals surface area contributed by atoms with E-state index in [0.29, 0.717) is 0 Å². The molecule has 164 valence electrons. The van der Waals surface area contributed by atoms with E-state index in [1.165, 1.54) is 38.6 Å². The molecule has 0 saturated carbocycles.